The minimum Gasteiger partial charge on any atom is -0.389 e. The minimum atomic E-state index is -0.934. The van der Waals surface area contributed by atoms with Gasteiger partial charge in [0.25, 0.3) is 0 Å². The van der Waals surface area contributed by atoms with E-state index in [1.54, 1.807) is 30.9 Å². The lowest BCUT2D eigenvalue weighted by Crippen LogP contribution is -2.29. The fraction of sp³-hybridized carbons (Fsp3) is 0.348. The SMILES string of the molecule is CC(C)(O)Cn1cc(-c2ccc3ncc(-c4cccc(N[C@H]5CNC[C@@H]5F)n4)n3c2)cn1. The van der Waals surface area contributed by atoms with Crippen LogP contribution in [-0.4, -0.2) is 60.2 Å². The van der Waals surface area contributed by atoms with Gasteiger partial charge in [0.1, 0.15) is 17.6 Å². The molecule has 0 unspecified atom stereocenters. The lowest BCUT2D eigenvalue weighted by Gasteiger charge is -2.16. The average molecular weight is 436 g/mol. The van der Waals surface area contributed by atoms with Crippen LogP contribution >= 0.6 is 0 Å². The molecule has 5 rings (SSSR count). The van der Waals surface area contributed by atoms with Gasteiger partial charge in [0.15, 0.2) is 0 Å². The monoisotopic (exact) mass is 435 g/mol. The molecule has 0 spiro atoms. The number of aromatic nitrogens is 5. The number of anilines is 1. The number of rotatable bonds is 6. The fourth-order valence-electron chi connectivity index (χ4n) is 3.97. The van der Waals surface area contributed by atoms with Crippen molar-refractivity contribution in [3.05, 3.63) is 55.1 Å². The Morgan fingerprint density at radius 1 is 1.16 bits per heavy atom. The zero-order chi connectivity index (χ0) is 22.3. The van der Waals surface area contributed by atoms with Crippen LogP contribution in [0.3, 0.4) is 0 Å². The normalized spacial score (nSPS) is 19.0. The van der Waals surface area contributed by atoms with Crippen LogP contribution in [0, 0.1) is 0 Å². The largest absolute Gasteiger partial charge is 0.389 e. The summed E-state index contributed by atoms with van der Waals surface area (Å²) in [5, 5.41) is 20.6. The number of nitrogens with one attached hydrogen (secondary N) is 2. The van der Waals surface area contributed by atoms with Crippen LogP contribution in [-0.2, 0) is 6.54 Å². The molecule has 3 N–H and O–H groups in total. The number of nitrogens with zero attached hydrogens (tertiary/aromatic N) is 5. The van der Waals surface area contributed by atoms with Gasteiger partial charge in [-0.25, -0.2) is 14.4 Å². The lowest BCUT2D eigenvalue weighted by atomic mass is 10.1. The van der Waals surface area contributed by atoms with Crippen LogP contribution in [0.15, 0.2) is 55.1 Å². The lowest BCUT2D eigenvalue weighted by molar-refractivity contribution is 0.0577. The number of imidazole rings is 1. The summed E-state index contributed by atoms with van der Waals surface area (Å²) in [5.41, 5.74) is 3.48. The van der Waals surface area contributed by atoms with Gasteiger partial charge in [-0.2, -0.15) is 5.10 Å². The third-order valence-corrected chi connectivity index (χ3v) is 5.51. The average Bonchev–Trinajstić information content (AvgIpc) is 3.47. The van der Waals surface area contributed by atoms with Gasteiger partial charge in [-0.05, 0) is 38.1 Å². The van der Waals surface area contributed by atoms with Gasteiger partial charge in [0, 0.05) is 36.6 Å². The minimum absolute atomic E-state index is 0.285. The van der Waals surface area contributed by atoms with Crippen molar-refractivity contribution in [2.24, 2.45) is 0 Å². The van der Waals surface area contributed by atoms with Crippen LogP contribution in [0.4, 0.5) is 10.2 Å². The molecule has 0 saturated carbocycles. The van der Waals surface area contributed by atoms with Gasteiger partial charge < -0.3 is 15.7 Å². The number of hydrogen-bond donors (Lipinski definition) is 3. The molecular weight excluding hydrogens is 409 g/mol. The van der Waals surface area contributed by atoms with Crippen molar-refractivity contribution >= 4 is 11.5 Å². The summed E-state index contributed by atoms with van der Waals surface area (Å²) in [7, 11) is 0. The second-order valence-electron chi connectivity index (χ2n) is 8.86. The molecule has 2 atom stereocenters. The summed E-state index contributed by atoms with van der Waals surface area (Å²) in [6, 6.07) is 9.34. The molecule has 0 aromatic carbocycles. The van der Waals surface area contributed by atoms with Crippen LogP contribution in [0.1, 0.15) is 13.8 Å². The Morgan fingerprint density at radius 3 is 2.81 bits per heavy atom. The molecule has 9 heteroatoms. The van der Waals surface area contributed by atoms with Crippen molar-refractivity contribution in [2.45, 2.75) is 38.2 Å². The number of hydrogen-bond acceptors (Lipinski definition) is 6. The van der Waals surface area contributed by atoms with Gasteiger partial charge in [-0.15, -0.1) is 0 Å². The first-order valence-corrected chi connectivity index (χ1v) is 10.7. The molecule has 0 aliphatic carbocycles. The molecule has 32 heavy (non-hydrogen) atoms. The number of alkyl halides is 1. The van der Waals surface area contributed by atoms with Gasteiger partial charge >= 0.3 is 0 Å². The molecular formula is C23H26FN7O. The highest BCUT2D eigenvalue weighted by molar-refractivity contribution is 5.67. The number of fused-ring (bicyclic) bond motifs is 1. The molecule has 166 valence electrons. The predicted molar refractivity (Wildman–Crippen MR) is 121 cm³/mol. The molecule has 4 aromatic heterocycles. The summed E-state index contributed by atoms with van der Waals surface area (Å²) < 4.78 is 17.7. The van der Waals surface area contributed by atoms with Crippen molar-refractivity contribution in [3.8, 4) is 22.5 Å². The summed E-state index contributed by atoms with van der Waals surface area (Å²) >= 11 is 0. The van der Waals surface area contributed by atoms with Crippen molar-refractivity contribution < 1.29 is 9.50 Å². The molecule has 4 aromatic rings. The quantitative estimate of drug-likeness (QED) is 0.431. The third kappa shape index (κ3) is 4.21. The summed E-state index contributed by atoms with van der Waals surface area (Å²) in [4.78, 5) is 9.21. The first-order chi connectivity index (χ1) is 15.4. The van der Waals surface area contributed by atoms with E-state index in [1.807, 2.05) is 47.1 Å². The molecule has 0 bridgehead atoms. The van der Waals surface area contributed by atoms with Crippen molar-refractivity contribution in [3.63, 3.8) is 0 Å². The summed E-state index contributed by atoms with van der Waals surface area (Å²) in [6.45, 7) is 4.86. The zero-order valence-corrected chi connectivity index (χ0v) is 18.0. The Hall–Kier alpha value is -3.30. The van der Waals surface area contributed by atoms with Gasteiger partial charge in [0.05, 0.1) is 42.0 Å². The van der Waals surface area contributed by atoms with E-state index >= 15 is 0 Å². The smallest absolute Gasteiger partial charge is 0.137 e. The molecule has 1 saturated heterocycles. The van der Waals surface area contributed by atoms with E-state index in [1.165, 1.54) is 0 Å². The van der Waals surface area contributed by atoms with E-state index < -0.39 is 11.8 Å². The maximum Gasteiger partial charge on any atom is 0.137 e. The Labute approximate surface area is 185 Å². The molecule has 0 radical (unpaired) electrons. The molecule has 8 nitrogen and oxygen atoms in total. The summed E-state index contributed by atoms with van der Waals surface area (Å²) in [6.07, 6.45) is 6.56. The zero-order valence-electron chi connectivity index (χ0n) is 18.0. The Morgan fingerprint density at radius 2 is 2.03 bits per heavy atom. The highest BCUT2D eigenvalue weighted by Gasteiger charge is 2.26. The van der Waals surface area contributed by atoms with Crippen LogP contribution in [0.5, 0.6) is 0 Å². The number of aliphatic hydroxyl groups is 1. The van der Waals surface area contributed by atoms with Gasteiger partial charge in [-0.1, -0.05) is 6.07 Å². The van der Waals surface area contributed by atoms with E-state index in [2.05, 4.69) is 20.7 Å². The van der Waals surface area contributed by atoms with Crippen LogP contribution in [0.25, 0.3) is 28.2 Å². The highest BCUT2D eigenvalue weighted by atomic mass is 19.1. The van der Waals surface area contributed by atoms with E-state index in [0.29, 0.717) is 25.5 Å². The Kier molecular flexibility index (Phi) is 5.15. The molecule has 1 fully saturated rings. The van der Waals surface area contributed by atoms with Crippen molar-refractivity contribution in [1.82, 2.24) is 29.5 Å². The standard InChI is InChI=1S/C23H26FN7O/c1-23(2,32)14-30-12-16(8-27-30)15-6-7-22-26-11-20(31(22)13-15)18-4-3-5-21(28-18)29-19-10-25-9-17(19)24/h3-8,11-13,17,19,25,32H,9-10,14H2,1-2H3,(H,28,29)/t17-,19-/m0/s1. The van der Waals surface area contributed by atoms with E-state index in [9.17, 15) is 9.50 Å². The van der Waals surface area contributed by atoms with Gasteiger partial charge in [0.2, 0.25) is 0 Å². The van der Waals surface area contributed by atoms with Crippen molar-refractivity contribution in [2.75, 3.05) is 18.4 Å². The molecule has 1 aliphatic rings. The number of pyridine rings is 2. The second-order valence-corrected chi connectivity index (χ2v) is 8.86. The van der Waals surface area contributed by atoms with Crippen LogP contribution < -0.4 is 10.6 Å². The van der Waals surface area contributed by atoms with Crippen molar-refractivity contribution in [1.29, 1.82) is 0 Å². The predicted octanol–water partition coefficient (Wildman–Crippen LogP) is 2.75. The van der Waals surface area contributed by atoms with E-state index in [0.717, 1.165) is 28.2 Å². The summed E-state index contributed by atoms with van der Waals surface area (Å²) in [5.74, 6) is 0.637. The van der Waals surface area contributed by atoms with Crippen LogP contribution in [0.2, 0.25) is 0 Å². The fourth-order valence-corrected chi connectivity index (χ4v) is 3.97. The van der Waals surface area contributed by atoms with E-state index in [-0.39, 0.29) is 6.04 Å². The maximum absolute atomic E-state index is 14.0. The molecule has 0 amide bonds. The molecule has 5 heterocycles. The van der Waals surface area contributed by atoms with Gasteiger partial charge in [-0.3, -0.25) is 9.08 Å². The maximum atomic E-state index is 14.0. The molecule has 1 aliphatic heterocycles. The van der Waals surface area contributed by atoms with E-state index in [4.69, 9.17) is 4.98 Å². The topological polar surface area (TPSA) is 92.3 Å². The number of halogens is 1. The first kappa shape index (κ1) is 20.6. The first-order valence-electron chi connectivity index (χ1n) is 10.7. The Bertz CT molecular complexity index is 1240. The Balaban J connectivity index is 1.45. The second kappa shape index (κ2) is 7.99. The third-order valence-electron chi connectivity index (χ3n) is 5.51. The highest BCUT2D eigenvalue weighted by Crippen LogP contribution is 2.25.